The topological polar surface area (TPSA) is 26.0 Å². The van der Waals surface area contributed by atoms with Crippen LogP contribution in [-0.2, 0) is 0 Å². The van der Waals surface area contributed by atoms with Gasteiger partial charge >= 0.3 is 0 Å². The van der Waals surface area contributed by atoms with Gasteiger partial charge in [0, 0.05) is 6.04 Å². The van der Waals surface area contributed by atoms with Crippen molar-refractivity contribution in [2.24, 2.45) is 23.5 Å². The second kappa shape index (κ2) is 3.57. The molecule has 3 atom stereocenters. The van der Waals surface area contributed by atoms with Crippen LogP contribution in [-0.4, -0.2) is 6.04 Å². The summed E-state index contributed by atoms with van der Waals surface area (Å²) in [6.45, 7) is 6.81. The molecular formula is C10H21N. The Hall–Kier alpha value is -0.0400. The van der Waals surface area contributed by atoms with Crippen LogP contribution < -0.4 is 5.73 Å². The molecule has 1 fully saturated rings. The average Bonchev–Trinajstić information content (AvgIpc) is 2.32. The smallest absolute Gasteiger partial charge is 0.00415 e. The van der Waals surface area contributed by atoms with Crippen LogP contribution in [0.1, 0.15) is 40.0 Å². The summed E-state index contributed by atoms with van der Waals surface area (Å²) < 4.78 is 0. The molecule has 0 radical (unpaired) electrons. The zero-order valence-corrected chi connectivity index (χ0v) is 8.01. The second-order valence-electron chi connectivity index (χ2n) is 4.36. The molecular weight excluding hydrogens is 134 g/mol. The Morgan fingerprint density at radius 2 is 1.64 bits per heavy atom. The average molecular weight is 155 g/mol. The first kappa shape index (κ1) is 9.05. The van der Waals surface area contributed by atoms with Gasteiger partial charge in [-0.15, -0.1) is 0 Å². The number of nitrogens with two attached hydrogens (primary N) is 1. The third-order valence-corrected chi connectivity index (χ3v) is 3.16. The Kier molecular flexibility index (Phi) is 2.94. The summed E-state index contributed by atoms with van der Waals surface area (Å²) in [5.41, 5.74) is 5.93. The summed E-state index contributed by atoms with van der Waals surface area (Å²) in [5, 5.41) is 0. The molecule has 11 heavy (non-hydrogen) atoms. The lowest BCUT2D eigenvalue weighted by atomic mass is 9.82. The van der Waals surface area contributed by atoms with Gasteiger partial charge in [-0.05, 0) is 37.5 Å². The van der Waals surface area contributed by atoms with Crippen LogP contribution >= 0.6 is 0 Å². The Bertz CT molecular complexity index is 104. The first-order valence-corrected chi connectivity index (χ1v) is 4.88. The molecule has 1 aliphatic carbocycles. The van der Waals surface area contributed by atoms with Crippen molar-refractivity contribution in [2.75, 3.05) is 0 Å². The SMILES string of the molecule is CC(C)C1CCCC1C(C)N. The van der Waals surface area contributed by atoms with Gasteiger partial charge in [0.05, 0.1) is 0 Å². The maximum Gasteiger partial charge on any atom is 0.00415 e. The Morgan fingerprint density at radius 3 is 2.00 bits per heavy atom. The van der Waals surface area contributed by atoms with Gasteiger partial charge in [-0.2, -0.15) is 0 Å². The molecule has 0 spiro atoms. The molecule has 3 unspecified atom stereocenters. The third-order valence-electron chi connectivity index (χ3n) is 3.16. The maximum atomic E-state index is 5.93. The Balaban J connectivity index is 2.51. The van der Waals surface area contributed by atoms with Gasteiger partial charge in [0.2, 0.25) is 0 Å². The van der Waals surface area contributed by atoms with E-state index in [0.717, 1.165) is 17.8 Å². The summed E-state index contributed by atoms with van der Waals surface area (Å²) in [4.78, 5) is 0. The molecule has 0 amide bonds. The summed E-state index contributed by atoms with van der Waals surface area (Å²) in [7, 11) is 0. The zero-order chi connectivity index (χ0) is 8.43. The Labute approximate surface area is 70.4 Å². The van der Waals surface area contributed by atoms with E-state index in [1.54, 1.807) is 0 Å². The largest absolute Gasteiger partial charge is 0.328 e. The Morgan fingerprint density at radius 1 is 1.09 bits per heavy atom. The fourth-order valence-electron chi connectivity index (χ4n) is 2.50. The molecule has 0 aliphatic heterocycles. The standard InChI is InChI=1S/C10H21N/c1-7(2)9-5-4-6-10(9)8(3)11/h7-10H,4-6,11H2,1-3H3. The van der Waals surface area contributed by atoms with Crippen LogP contribution in [0.15, 0.2) is 0 Å². The van der Waals surface area contributed by atoms with Crippen molar-refractivity contribution in [3.8, 4) is 0 Å². The minimum absolute atomic E-state index is 0.407. The van der Waals surface area contributed by atoms with E-state index in [0.29, 0.717) is 6.04 Å². The lowest BCUT2D eigenvalue weighted by Gasteiger charge is -2.25. The van der Waals surface area contributed by atoms with Gasteiger partial charge in [0.15, 0.2) is 0 Å². The van der Waals surface area contributed by atoms with E-state index in [1.165, 1.54) is 19.3 Å². The molecule has 1 nitrogen and oxygen atoms in total. The molecule has 1 rings (SSSR count). The van der Waals surface area contributed by atoms with Crippen molar-refractivity contribution in [3.63, 3.8) is 0 Å². The second-order valence-corrected chi connectivity index (χ2v) is 4.36. The van der Waals surface area contributed by atoms with Crippen LogP contribution in [0.3, 0.4) is 0 Å². The first-order valence-electron chi connectivity index (χ1n) is 4.88. The molecule has 0 aromatic heterocycles. The molecule has 0 bridgehead atoms. The minimum Gasteiger partial charge on any atom is -0.328 e. The van der Waals surface area contributed by atoms with Gasteiger partial charge in [0.1, 0.15) is 0 Å². The van der Waals surface area contributed by atoms with E-state index < -0.39 is 0 Å². The molecule has 1 aliphatic rings. The molecule has 0 aromatic rings. The van der Waals surface area contributed by atoms with E-state index >= 15 is 0 Å². The maximum absolute atomic E-state index is 5.93. The highest BCUT2D eigenvalue weighted by Gasteiger charge is 2.31. The van der Waals surface area contributed by atoms with Crippen molar-refractivity contribution < 1.29 is 0 Å². The van der Waals surface area contributed by atoms with Gasteiger partial charge in [0.25, 0.3) is 0 Å². The summed E-state index contributed by atoms with van der Waals surface area (Å²) in [6, 6.07) is 0.407. The number of hydrogen-bond acceptors (Lipinski definition) is 1. The fourth-order valence-corrected chi connectivity index (χ4v) is 2.50. The predicted molar refractivity (Wildman–Crippen MR) is 49.3 cm³/mol. The molecule has 66 valence electrons. The van der Waals surface area contributed by atoms with Crippen LogP contribution in [0.25, 0.3) is 0 Å². The molecule has 1 saturated carbocycles. The number of rotatable bonds is 2. The summed E-state index contributed by atoms with van der Waals surface area (Å²) >= 11 is 0. The zero-order valence-electron chi connectivity index (χ0n) is 8.01. The summed E-state index contributed by atoms with van der Waals surface area (Å²) in [5.74, 6) is 2.53. The molecule has 0 aromatic carbocycles. The van der Waals surface area contributed by atoms with Gasteiger partial charge < -0.3 is 5.73 Å². The van der Waals surface area contributed by atoms with Crippen LogP contribution in [0.2, 0.25) is 0 Å². The van der Waals surface area contributed by atoms with E-state index in [4.69, 9.17) is 5.73 Å². The van der Waals surface area contributed by atoms with Crippen LogP contribution in [0.4, 0.5) is 0 Å². The highest BCUT2D eigenvalue weighted by Crippen LogP contribution is 2.37. The molecule has 1 heteroatoms. The minimum atomic E-state index is 0.407. The molecule has 0 saturated heterocycles. The lowest BCUT2D eigenvalue weighted by Crippen LogP contribution is -2.31. The molecule has 2 N–H and O–H groups in total. The lowest BCUT2D eigenvalue weighted by molar-refractivity contribution is 0.265. The van der Waals surface area contributed by atoms with Gasteiger partial charge in [-0.3, -0.25) is 0 Å². The summed E-state index contributed by atoms with van der Waals surface area (Å²) in [6.07, 6.45) is 4.17. The highest BCUT2D eigenvalue weighted by molar-refractivity contribution is 4.84. The van der Waals surface area contributed by atoms with E-state index in [9.17, 15) is 0 Å². The third kappa shape index (κ3) is 1.96. The first-order chi connectivity index (χ1) is 5.13. The number of hydrogen-bond donors (Lipinski definition) is 1. The van der Waals surface area contributed by atoms with Crippen molar-refractivity contribution in [3.05, 3.63) is 0 Å². The van der Waals surface area contributed by atoms with Crippen molar-refractivity contribution in [1.82, 2.24) is 0 Å². The van der Waals surface area contributed by atoms with Crippen molar-refractivity contribution >= 4 is 0 Å². The van der Waals surface area contributed by atoms with Gasteiger partial charge in [-0.1, -0.05) is 20.3 Å². The van der Waals surface area contributed by atoms with Gasteiger partial charge in [-0.25, -0.2) is 0 Å². The van der Waals surface area contributed by atoms with Crippen LogP contribution in [0, 0.1) is 17.8 Å². The monoisotopic (exact) mass is 155 g/mol. The predicted octanol–water partition coefficient (Wildman–Crippen LogP) is 2.41. The van der Waals surface area contributed by atoms with Crippen LogP contribution in [0.5, 0.6) is 0 Å². The van der Waals surface area contributed by atoms with Crippen molar-refractivity contribution in [1.29, 1.82) is 0 Å². The fraction of sp³-hybridized carbons (Fsp3) is 1.00. The van der Waals surface area contributed by atoms with Crippen molar-refractivity contribution in [2.45, 2.75) is 46.1 Å². The van der Waals surface area contributed by atoms with E-state index in [-0.39, 0.29) is 0 Å². The molecule has 0 heterocycles. The normalized spacial score (nSPS) is 34.6. The highest BCUT2D eigenvalue weighted by atomic mass is 14.6. The van der Waals surface area contributed by atoms with E-state index in [1.807, 2.05) is 0 Å². The quantitative estimate of drug-likeness (QED) is 0.651. The van der Waals surface area contributed by atoms with E-state index in [2.05, 4.69) is 20.8 Å².